The molecule has 1 amide bonds. The van der Waals surface area contributed by atoms with Gasteiger partial charge in [0.1, 0.15) is 5.75 Å². The lowest BCUT2D eigenvalue weighted by Gasteiger charge is -2.16. The number of rotatable bonds is 9. The van der Waals surface area contributed by atoms with Gasteiger partial charge in [-0.05, 0) is 37.1 Å². The van der Waals surface area contributed by atoms with Gasteiger partial charge in [-0.3, -0.25) is 4.79 Å². The average molecular weight is 384 g/mol. The van der Waals surface area contributed by atoms with Crippen molar-refractivity contribution < 1.29 is 22.7 Å². The normalized spacial score (nSPS) is 16.0. The van der Waals surface area contributed by atoms with E-state index in [0.29, 0.717) is 12.4 Å². The van der Waals surface area contributed by atoms with Crippen molar-refractivity contribution in [2.75, 3.05) is 26.9 Å². The molecule has 0 aromatic heterocycles. The number of carbonyl (C=O) groups excluding carboxylic acids is 1. The zero-order valence-electron chi connectivity index (χ0n) is 15.2. The lowest BCUT2D eigenvalue weighted by Crippen LogP contribution is -2.37. The molecule has 0 aliphatic heterocycles. The first-order valence-electron chi connectivity index (χ1n) is 9.02. The Hall–Kier alpha value is -1.64. The van der Waals surface area contributed by atoms with Gasteiger partial charge < -0.3 is 14.8 Å². The summed E-state index contributed by atoms with van der Waals surface area (Å²) in [5, 5.41) is 3.01. The van der Waals surface area contributed by atoms with Crippen molar-refractivity contribution in [3.05, 3.63) is 24.3 Å². The summed E-state index contributed by atoms with van der Waals surface area (Å²) in [6.45, 7) is 0.434. The van der Waals surface area contributed by atoms with Crippen molar-refractivity contribution in [2.45, 2.75) is 49.5 Å². The van der Waals surface area contributed by atoms with Gasteiger partial charge in [-0.2, -0.15) is 0 Å². The highest BCUT2D eigenvalue weighted by molar-refractivity contribution is 7.89. The van der Waals surface area contributed by atoms with Crippen LogP contribution in [0, 0.1) is 0 Å². The van der Waals surface area contributed by atoms with Gasteiger partial charge in [0.05, 0.1) is 11.5 Å². The highest BCUT2D eigenvalue weighted by atomic mass is 32.2. The maximum Gasteiger partial charge on any atom is 0.258 e. The van der Waals surface area contributed by atoms with Crippen molar-refractivity contribution in [3.8, 4) is 5.75 Å². The number of carbonyl (C=O) groups is 1. The minimum absolute atomic E-state index is 0.0747. The van der Waals surface area contributed by atoms with Gasteiger partial charge in [0, 0.05) is 19.7 Å². The van der Waals surface area contributed by atoms with Gasteiger partial charge in [0.25, 0.3) is 5.91 Å². The van der Waals surface area contributed by atoms with Crippen LogP contribution in [0.2, 0.25) is 0 Å². The van der Waals surface area contributed by atoms with E-state index in [1.165, 1.54) is 32.1 Å². The number of nitrogens with one attached hydrogen (secondary N) is 2. The average Bonchev–Trinajstić information content (AvgIpc) is 2.89. The number of ether oxygens (including phenoxy) is 2. The van der Waals surface area contributed by atoms with E-state index in [1.807, 2.05) is 0 Å². The molecule has 0 bridgehead atoms. The van der Waals surface area contributed by atoms with Crippen LogP contribution in [0.25, 0.3) is 0 Å². The number of methoxy groups -OCH3 is 1. The predicted octanol–water partition coefficient (Wildman–Crippen LogP) is 1.83. The van der Waals surface area contributed by atoms with Gasteiger partial charge in [0.2, 0.25) is 10.0 Å². The second kappa shape index (κ2) is 10.5. The summed E-state index contributed by atoms with van der Waals surface area (Å²) in [6.07, 6.45) is 6.82. The van der Waals surface area contributed by atoms with Gasteiger partial charge in [0.15, 0.2) is 6.61 Å². The highest BCUT2D eigenvalue weighted by Gasteiger charge is 2.16. The molecule has 0 spiro atoms. The molecule has 1 aromatic carbocycles. The van der Waals surface area contributed by atoms with Crippen LogP contribution in [0.3, 0.4) is 0 Å². The first-order valence-corrected chi connectivity index (χ1v) is 10.5. The Labute approximate surface area is 155 Å². The summed E-state index contributed by atoms with van der Waals surface area (Å²) in [7, 11) is -2.06. The predicted molar refractivity (Wildman–Crippen MR) is 98.6 cm³/mol. The van der Waals surface area contributed by atoms with E-state index >= 15 is 0 Å². The Morgan fingerprint density at radius 2 is 1.77 bits per heavy atom. The van der Waals surface area contributed by atoms with Crippen LogP contribution in [0.5, 0.6) is 5.75 Å². The number of hydrogen-bond donors (Lipinski definition) is 2. The van der Waals surface area contributed by atoms with Gasteiger partial charge in [-0.25, -0.2) is 13.1 Å². The molecule has 8 heteroatoms. The van der Waals surface area contributed by atoms with E-state index in [9.17, 15) is 13.2 Å². The first kappa shape index (κ1) is 20.7. The number of sulfonamides is 1. The molecule has 0 atom stereocenters. The quantitative estimate of drug-likeness (QED) is 0.500. The maximum atomic E-state index is 12.1. The van der Waals surface area contributed by atoms with E-state index in [0.717, 1.165) is 25.7 Å². The van der Waals surface area contributed by atoms with Crippen molar-refractivity contribution in [1.82, 2.24) is 10.0 Å². The summed E-state index contributed by atoms with van der Waals surface area (Å²) < 4.78 is 36.8. The first-order chi connectivity index (χ1) is 12.5. The Morgan fingerprint density at radius 3 is 2.38 bits per heavy atom. The molecular formula is C18H28N2O5S. The molecule has 1 aliphatic carbocycles. The van der Waals surface area contributed by atoms with Crippen LogP contribution < -0.4 is 14.8 Å². The molecule has 26 heavy (non-hydrogen) atoms. The van der Waals surface area contributed by atoms with Crippen LogP contribution in [0.1, 0.15) is 38.5 Å². The monoisotopic (exact) mass is 384 g/mol. The van der Waals surface area contributed by atoms with E-state index < -0.39 is 10.0 Å². The van der Waals surface area contributed by atoms with Gasteiger partial charge >= 0.3 is 0 Å². The smallest absolute Gasteiger partial charge is 0.258 e. The fourth-order valence-corrected chi connectivity index (χ4v) is 3.93. The third kappa shape index (κ3) is 6.93. The van der Waals surface area contributed by atoms with Crippen LogP contribution in [0.15, 0.2) is 29.2 Å². The van der Waals surface area contributed by atoms with E-state index in [2.05, 4.69) is 10.0 Å². The van der Waals surface area contributed by atoms with Crippen molar-refractivity contribution in [1.29, 1.82) is 0 Å². The fourth-order valence-electron chi connectivity index (χ4n) is 2.92. The molecule has 1 aliphatic rings. The summed E-state index contributed by atoms with van der Waals surface area (Å²) in [5.41, 5.74) is 0. The Morgan fingerprint density at radius 1 is 1.12 bits per heavy atom. The van der Waals surface area contributed by atoms with Crippen molar-refractivity contribution in [2.24, 2.45) is 0 Å². The zero-order chi connectivity index (χ0) is 18.8. The van der Waals surface area contributed by atoms with Gasteiger partial charge in [-0.1, -0.05) is 25.7 Å². The molecule has 146 valence electrons. The Balaban J connectivity index is 1.80. The van der Waals surface area contributed by atoms with E-state index in [4.69, 9.17) is 9.47 Å². The molecule has 0 unspecified atom stereocenters. The summed E-state index contributed by atoms with van der Waals surface area (Å²) >= 11 is 0. The summed E-state index contributed by atoms with van der Waals surface area (Å²) in [5.74, 6) is 0.312. The number of benzene rings is 1. The van der Waals surface area contributed by atoms with Gasteiger partial charge in [-0.15, -0.1) is 0 Å². The lowest BCUT2D eigenvalue weighted by atomic mass is 10.1. The Bertz CT molecular complexity index is 653. The zero-order valence-corrected chi connectivity index (χ0v) is 16.0. The van der Waals surface area contributed by atoms with Crippen LogP contribution in [-0.4, -0.2) is 47.2 Å². The van der Waals surface area contributed by atoms with Crippen molar-refractivity contribution in [3.63, 3.8) is 0 Å². The SMILES string of the molecule is COCCNS(=O)(=O)c1ccc(OCC(=O)NC2CCCCCC2)cc1. The molecule has 1 fully saturated rings. The van der Waals surface area contributed by atoms with Crippen LogP contribution in [0.4, 0.5) is 0 Å². The minimum atomic E-state index is -3.57. The fraction of sp³-hybridized carbons (Fsp3) is 0.611. The standard InChI is InChI=1S/C18H28N2O5S/c1-24-13-12-19-26(22,23)17-10-8-16(9-11-17)25-14-18(21)20-15-6-4-2-3-5-7-15/h8-11,15,19H,2-7,12-14H2,1H3,(H,20,21). The molecule has 2 rings (SSSR count). The molecular weight excluding hydrogens is 356 g/mol. The number of hydrogen-bond acceptors (Lipinski definition) is 5. The van der Waals surface area contributed by atoms with Crippen LogP contribution in [-0.2, 0) is 19.6 Å². The molecule has 1 aromatic rings. The summed E-state index contributed by atoms with van der Waals surface area (Å²) in [6, 6.07) is 6.23. The molecule has 0 saturated heterocycles. The lowest BCUT2D eigenvalue weighted by molar-refractivity contribution is -0.123. The maximum absolute atomic E-state index is 12.1. The molecule has 0 heterocycles. The van der Waals surface area contributed by atoms with E-state index in [1.54, 1.807) is 12.1 Å². The van der Waals surface area contributed by atoms with Crippen LogP contribution >= 0.6 is 0 Å². The minimum Gasteiger partial charge on any atom is -0.484 e. The molecule has 2 N–H and O–H groups in total. The molecule has 7 nitrogen and oxygen atoms in total. The summed E-state index contributed by atoms with van der Waals surface area (Å²) in [4.78, 5) is 12.2. The Kier molecular flexibility index (Phi) is 8.34. The largest absolute Gasteiger partial charge is 0.484 e. The number of amides is 1. The topological polar surface area (TPSA) is 93.7 Å². The second-order valence-corrected chi connectivity index (χ2v) is 8.17. The third-order valence-electron chi connectivity index (χ3n) is 4.32. The molecule has 0 radical (unpaired) electrons. The highest BCUT2D eigenvalue weighted by Crippen LogP contribution is 2.18. The van der Waals surface area contributed by atoms with E-state index in [-0.39, 0.29) is 30.0 Å². The second-order valence-electron chi connectivity index (χ2n) is 6.41. The molecule has 1 saturated carbocycles. The third-order valence-corrected chi connectivity index (χ3v) is 5.80. The van der Waals surface area contributed by atoms with Crippen molar-refractivity contribution >= 4 is 15.9 Å².